The van der Waals surface area contributed by atoms with E-state index in [0.29, 0.717) is 11.3 Å². The molecule has 0 aliphatic carbocycles. The zero-order chi connectivity index (χ0) is 19.5. The van der Waals surface area contributed by atoms with Gasteiger partial charge in [0.1, 0.15) is 24.3 Å². The van der Waals surface area contributed by atoms with E-state index in [9.17, 15) is 14.3 Å². The molecule has 28 heavy (non-hydrogen) atoms. The maximum atomic E-state index is 13.0. The first-order valence-corrected chi connectivity index (χ1v) is 8.72. The predicted molar refractivity (Wildman–Crippen MR) is 102 cm³/mol. The van der Waals surface area contributed by atoms with Gasteiger partial charge in [-0.1, -0.05) is 30.3 Å². The molecule has 4 aromatic rings. The molecule has 1 heterocycles. The molecule has 6 nitrogen and oxygen atoms in total. The Labute approximate surface area is 159 Å². The summed E-state index contributed by atoms with van der Waals surface area (Å²) in [6.45, 7) is -0.0966. The smallest absolute Gasteiger partial charge is 0.437 e. The van der Waals surface area contributed by atoms with Crippen molar-refractivity contribution in [1.82, 2.24) is 9.78 Å². The third-order valence-corrected chi connectivity index (χ3v) is 4.24. The number of aliphatic hydroxyl groups is 1. The van der Waals surface area contributed by atoms with Gasteiger partial charge in [-0.05, 0) is 47.2 Å². The fourth-order valence-corrected chi connectivity index (χ4v) is 2.83. The number of aliphatic hydroxyl groups excluding tert-OH is 1. The average molecular weight is 380 g/mol. The molecule has 0 aliphatic rings. The SMILES string of the molecule is O=c1oc(-c2ccc(F)cc2)nn1CC(O)COc1ccc2ccccc2c1. The van der Waals surface area contributed by atoms with Crippen LogP contribution < -0.4 is 10.5 Å². The van der Waals surface area contributed by atoms with Crippen molar-refractivity contribution in [1.29, 1.82) is 0 Å². The van der Waals surface area contributed by atoms with Crippen LogP contribution in [-0.2, 0) is 6.54 Å². The van der Waals surface area contributed by atoms with E-state index in [0.717, 1.165) is 15.5 Å². The largest absolute Gasteiger partial charge is 0.491 e. The molecule has 0 amide bonds. The van der Waals surface area contributed by atoms with E-state index in [1.807, 2.05) is 42.5 Å². The van der Waals surface area contributed by atoms with Crippen LogP contribution in [0, 0.1) is 5.82 Å². The molecule has 0 fully saturated rings. The third-order valence-electron chi connectivity index (χ3n) is 4.24. The summed E-state index contributed by atoms with van der Waals surface area (Å²) in [7, 11) is 0. The van der Waals surface area contributed by atoms with Gasteiger partial charge >= 0.3 is 5.76 Å². The van der Waals surface area contributed by atoms with E-state index in [1.165, 1.54) is 24.3 Å². The highest BCUT2D eigenvalue weighted by Gasteiger charge is 2.14. The monoisotopic (exact) mass is 380 g/mol. The molecule has 3 aromatic carbocycles. The fraction of sp³-hybridized carbons (Fsp3) is 0.143. The average Bonchev–Trinajstić information content (AvgIpc) is 3.07. The van der Waals surface area contributed by atoms with Gasteiger partial charge in [0.15, 0.2) is 0 Å². The van der Waals surface area contributed by atoms with Gasteiger partial charge in [0.05, 0.1) is 6.54 Å². The number of halogens is 1. The van der Waals surface area contributed by atoms with Gasteiger partial charge in [-0.3, -0.25) is 0 Å². The predicted octanol–water partition coefficient (Wildman–Crippen LogP) is 3.24. The lowest BCUT2D eigenvalue weighted by molar-refractivity contribution is 0.0876. The van der Waals surface area contributed by atoms with Gasteiger partial charge in [-0.2, -0.15) is 4.68 Å². The third kappa shape index (κ3) is 3.94. The summed E-state index contributed by atoms with van der Waals surface area (Å²) in [6, 6.07) is 19.0. The van der Waals surface area contributed by atoms with Crippen molar-refractivity contribution in [3.8, 4) is 17.2 Å². The molecule has 0 spiro atoms. The highest BCUT2D eigenvalue weighted by molar-refractivity contribution is 5.83. The highest BCUT2D eigenvalue weighted by atomic mass is 19.1. The number of hydrogen-bond donors (Lipinski definition) is 1. The number of nitrogens with zero attached hydrogens (tertiary/aromatic N) is 2. The molecule has 0 saturated heterocycles. The van der Waals surface area contributed by atoms with Crippen LogP contribution in [-0.4, -0.2) is 27.6 Å². The molecule has 0 bridgehead atoms. The van der Waals surface area contributed by atoms with E-state index in [2.05, 4.69) is 5.10 Å². The first-order chi connectivity index (χ1) is 13.6. The summed E-state index contributed by atoms with van der Waals surface area (Å²) in [5.74, 6) is -0.416. The number of fused-ring (bicyclic) bond motifs is 1. The highest BCUT2D eigenvalue weighted by Crippen LogP contribution is 2.21. The number of ether oxygens (including phenoxy) is 1. The Morgan fingerprint density at radius 3 is 2.61 bits per heavy atom. The fourth-order valence-electron chi connectivity index (χ4n) is 2.83. The molecule has 142 valence electrons. The lowest BCUT2D eigenvalue weighted by Gasteiger charge is -2.12. The number of benzene rings is 3. The molecular weight excluding hydrogens is 363 g/mol. The Kier molecular flexibility index (Phi) is 4.90. The van der Waals surface area contributed by atoms with Crippen LogP contribution in [0.3, 0.4) is 0 Å². The van der Waals surface area contributed by atoms with Crippen molar-refractivity contribution in [2.45, 2.75) is 12.6 Å². The van der Waals surface area contributed by atoms with Crippen LogP contribution in [0.2, 0.25) is 0 Å². The lowest BCUT2D eigenvalue weighted by Crippen LogP contribution is -2.29. The Morgan fingerprint density at radius 1 is 1.07 bits per heavy atom. The minimum atomic E-state index is -0.963. The maximum absolute atomic E-state index is 13.0. The van der Waals surface area contributed by atoms with E-state index in [1.54, 1.807) is 0 Å². The zero-order valence-electron chi connectivity index (χ0n) is 14.8. The van der Waals surface area contributed by atoms with Crippen molar-refractivity contribution < 1.29 is 18.7 Å². The Hall–Kier alpha value is -3.45. The van der Waals surface area contributed by atoms with Gasteiger partial charge in [-0.15, -0.1) is 5.10 Å². The summed E-state index contributed by atoms with van der Waals surface area (Å²) in [5, 5.41) is 16.4. The zero-order valence-corrected chi connectivity index (χ0v) is 14.8. The minimum absolute atomic E-state index is 0.0104. The maximum Gasteiger partial charge on any atom is 0.437 e. The van der Waals surface area contributed by atoms with Crippen LogP contribution in [0.15, 0.2) is 75.9 Å². The quantitative estimate of drug-likeness (QED) is 0.556. The minimum Gasteiger partial charge on any atom is -0.491 e. The summed E-state index contributed by atoms with van der Waals surface area (Å²) in [5.41, 5.74) is 0.471. The molecule has 1 aromatic heterocycles. The van der Waals surface area contributed by atoms with Crippen molar-refractivity contribution in [3.63, 3.8) is 0 Å². The summed E-state index contributed by atoms with van der Waals surface area (Å²) >= 11 is 0. The molecule has 4 rings (SSSR count). The van der Waals surface area contributed by atoms with E-state index >= 15 is 0 Å². The van der Waals surface area contributed by atoms with Crippen molar-refractivity contribution in [2.24, 2.45) is 0 Å². The van der Waals surface area contributed by atoms with Crippen LogP contribution in [0.25, 0.3) is 22.2 Å². The molecule has 0 saturated carbocycles. The molecule has 0 radical (unpaired) electrons. The first-order valence-electron chi connectivity index (χ1n) is 8.72. The van der Waals surface area contributed by atoms with Crippen LogP contribution in [0.5, 0.6) is 5.75 Å². The second kappa shape index (κ2) is 7.66. The topological polar surface area (TPSA) is 77.5 Å². The molecule has 1 N–H and O–H groups in total. The molecular formula is C21H17FN2O4. The second-order valence-corrected chi connectivity index (χ2v) is 6.34. The van der Waals surface area contributed by atoms with Gasteiger partial charge in [0.2, 0.25) is 5.89 Å². The van der Waals surface area contributed by atoms with Crippen molar-refractivity contribution in [2.75, 3.05) is 6.61 Å². The molecule has 7 heteroatoms. The Bertz CT molecular complexity index is 1150. The van der Waals surface area contributed by atoms with Crippen LogP contribution >= 0.6 is 0 Å². The van der Waals surface area contributed by atoms with Gasteiger partial charge in [0, 0.05) is 5.56 Å². The van der Waals surface area contributed by atoms with Crippen LogP contribution in [0.1, 0.15) is 0 Å². The summed E-state index contributed by atoms with van der Waals surface area (Å²) in [6.07, 6.45) is -0.963. The van der Waals surface area contributed by atoms with Gasteiger partial charge in [-0.25, -0.2) is 9.18 Å². The second-order valence-electron chi connectivity index (χ2n) is 6.34. The van der Waals surface area contributed by atoms with Gasteiger partial charge in [0.25, 0.3) is 0 Å². The van der Waals surface area contributed by atoms with Crippen molar-refractivity contribution >= 4 is 10.8 Å². The number of rotatable bonds is 6. The van der Waals surface area contributed by atoms with Gasteiger partial charge < -0.3 is 14.3 Å². The number of aromatic nitrogens is 2. The van der Waals surface area contributed by atoms with E-state index < -0.39 is 17.7 Å². The normalized spacial score (nSPS) is 12.2. The lowest BCUT2D eigenvalue weighted by atomic mass is 10.1. The van der Waals surface area contributed by atoms with E-state index in [4.69, 9.17) is 9.15 Å². The van der Waals surface area contributed by atoms with E-state index in [-0.39, 0.29) is 19.0 Å². The standard InChI is InChI=1S/C21H17FN2O4/c22-17-8-5-15(6-9-17)20-23-24(21(26)28-20)12-18(25)13-27-19-10-7-14-3-1-2-4-16(14)11-19/h1-11,18,25H,12-13H2. The number of hydrogen-bond acceptors (Lipinski definition) is 5. The Balaban J connectivity index is 1.41. The molecule has 0 aliphatic heterocycles. The Morgan fingerprint density at radius 2 is 1.82 bits per heavy atom. The molecule has 1 unspecified atom stereocenters. The first kappa shape index (κ1) is 17.9. The summed E-state index contributed by atoms with van der Waals surface area (Å²) < 4.78 is 24.7. The summed E-state index contributed by atoms with van der Waals surface area (Å²) in [4.78, 5) is 11.9. The van der Waals surface area contributed by atoms with Crippen molar-refractivity contribution in [3.05, 3.63) is 83.1 Å². The molecule has 1 atom stereocenters. The van der Waals surface area contributed by atoms with Crippen LogP contribution in [0.4, 0.5) is 4.39 Å².